The second kappa shape index (κ2) is 7.03. The molecule has 1 atom stereocenters. The highest BCUT2D eigenvalue weighted by atomic mass is 16.6. The number of esters is 1. The molecule has 1 aliphatic heterocycles. The van der Waals surface area contributed by atoms with Gasteiger partial charge in [-0.1, -0.05) is 12.1 Å². The zero-order chi connectivity index (χ0) is 17.9. The fraction of sp³-hybridized carbons (Fsp3) is 0.500. The summed E-state index contributed by atoms with van der Waals surface area (Å²) in [6.45, 7) is 5.94. The summed E-state index contributed by atoms with van der Waals surface area (Å²) < 4.78 is 5.40. The molecule has 1 aromatic carbocycles. The Labute approximate surface area is 141 Å². The molecule has 24 heavy (non-hydrogen) atoms. The molecule has 1 aliphatic rings. The Morgan fingerprint density at radius 2 is 1.83 bits per heavy atom. The van der Waals surface area contributed by atoms with Gasteiger partial charge in [0.2, 0.25) is 5.91 Å². The molecule has 1 fully saturated rings. The largest absolute Gasteiger partial charge is 0.478 e. The summed E-state index contributed by atoms with van der Waals surface area (Å²) in [5.41, 5.74) is 0.319. The van der Waals surface area contributed by atoms with E-state index in [9.17, 15) is 14.4 Å². The van der Waals surface area contributed by atoms with Crippen LogP contribution in [0.1, 0.15) is 49.5 Å². The molecule has 2 rings (SSSR count). The first-order valence-electron chi connectivity index (χ1n) is 8.02. The number of benzene rings is 1. The van der Waals surface area contributed by atoms with E-state index in [0.717, 1.165) is 12.0 Å². The van der Waals surface area contributed by atoms with Crippen molar-refractivity contribution in [3.05, 3.63) is 35.4 Å². The van der Waals surface area contributed by atoms with E-state index in [0.29, 0.717) is 13.0 Å². The van der Waals surface area contributed by atoms with Crippen LogP contribution in [0, 0.1) is 0 Å². The average Bonchev–Trinajstić information content (AvgIpc) is 2.95. The maximum absolute atomic E-state index is 12.5. The van der Waals surface area contributed by atoms with Gasteiger partial charge < -0.3 is 14.7 Å². The first kappa shape index (κ1) is 18.0. The Kier molecular flexibility index (Phi) is 5.26. The molecule has 0 aliphatic carbocycles. The van der Waals surface area contributed by atoms with Crippen LogP contribution < -0.4 is 0 Å². The number of carbonyl (C=O) groups excluding carboxylic acids is 2. The summed E-state index contributed by atoms with van der Waals surface area (Å²) in [6.07, 6.45) is 1.52. The van der Waals surface area contributed by atoms with Crippen molar-refractivity contribution >= 4 is 17.8 Å². The fourth-order valence-corrected chi connectivity index (χ4v) is 2.72. The van der Waals surface area contributed by atoms with Gasteiger partial charge in [0.25, 0.3) is 0 Å². The second-order valence-corrected chi connectivity index (χ2v) is 6.96. The lowest BCUT2D eigenvalue weighted by Crippen LogP contribution is -2.44. The number of carboxylic acid groups (broad SMARTS) is 1. The van der Waals surface area contributed by atoms with E-state index in [-0.39, 0.29) is 23.9 Å². The number of ether oxygens (including phenoxy) is 1. The van der Waals surface area contributed by atoms with Crippen LogP contribution in [0.3, 0.4) is 0 Å². The van der Waals surface area contributed by atoms with Gasteiger partial charge in [-0.05, 0) is 51.3 Å². The van der Waals surface area contributed by atoms with Gasteiger partial charge in [-0.2, -0.15) is 0 Å². The van der Waals surface area contributed by atoms with E-state index in [4.69, 9.17) is 9.84 Å². The number of rotatable bonds is 4. The topological polar surface area (TPSA) is 83.9 Å². The van der Waals surface area contributed by atoms with Crippen LogP contribution in [0.2, 0.25) is 0 Å². The molecule has 1 amide bonds. The number of carbonyl (C=O) groups is 3. The van der Waals surface area contributed by atoms with E-state index in [1.54, 1.807) is 37.8 Å². The van der Waals surface area contributed by atoms with Crippen molar-refractivity contribution in [2.24, 2.45) is 0 Å². The molecule has 0 bridgehead atoms. The predicted octanol–water partition coefficient (Wildman–Crippen LogP) is 2.26. The number of amides is 1. The van der Waals surface area contributed by atoms with Crippen molar-refractivity contribution < 1.29 is 24.2 Å². The molecular formula is C18H23NO5. The van der Waals surface area contributed by atoms with Gasteiger partial charge in [-0.15, -0.1) is 0 Å². The van der Waals surface area contributed by atoms with E-state index < -0.39 is 17.6 Å². The molecule has 1 N–H and O–H groups in total. The number of hydrogen-bond donors (Lipinski definition) is 1. The van der Waals surface area contributed by atoms with E-state index in [1.807, 2.05) is 0 Å². The number of carboxylic acids is 1. The van der Waals surface area contributed by atoms with E-state index >= 15 is 0 Å². The Balaban J connectivity index is 2.02. The SMILES string of the molecule is CC(C)(C)OC(=O)[C@H]1CCCN1C(=O)Cc1ccc(C(=O)O)cc1. The number of nitrogens with zero attached hydrogens (tertiary/aromatic N) is 1. The predicted molar refractivity (Wildman–Crippen MR) is 87.7 cm³/mol. The van der Waals surface area contributed by atoms with Gasteiger partial charge in [0.1, 0.15) is 11.6 Å². The first-order chi connectivity index (χ1) is 11.2. The van der Waals surface area contributed by atoms with Crippen LogP contribution in [-0.2, 0) is 20.7 Å². The van der Waals surface area contributed by atoms with Crippen LogP contribution in [0.15, 0.2) is 24.3 Å². The van der Waals surface area contributed by atoms with Crippen molar-refractivity contribution in [2.45, 2.75) is 51.7 Å². The summed E-state index contributed by atoms with van der Waals surface area (Å²) in [4.78, 5) is 37.2. The van der Waals surface area contributed by atoms with Crippen molar-refractivity contribution in [1.82, 2.24) is 4.90 Å². The Morgan fingerprint density at radius 1 is 1.21 bits per heavy atom. The van der Waals surface area contributed by atoms with Crippen LogP contribution in [-0.4, -0.2) is 46.0 Å². The minimum absolute atomic E-state index is 0.138. The van der Waals surface area contributed by atoms with Gasteiger partial charge in [0, 0.05) is 6.54 Å². The molecule has 1 saturated heterocycles. The van der Waals surface area contributed by atoms with Gasteiger partial charge in [0.15, 0.2) is 0 Å². The fourth-order valence-electron chi connectivity index (χ4n) is 2.72. The zero-order valence-electron chi connectivity index (χ0n) is 14.2. The number of hydrogen-bond acceptors (Lipinski definition) is 4. The van der Waals surface area contributed by atoms with Crippen LogP contribution in [0.5, 0.6) is 0 Å². The number of aromatic carboxylic acids is 1. The third kappa shape index (κ3) is 4.57. The Bertz CT molecular complexity index is 630. The first-order valence-corrected chi connectivity index (χ1v) is 8.02. The molecule has 0 radical (unpaired) electrons. The summed E-state index contributed by atoms with van der Waals surface area (Å²) in [7, 11) is 0. The lowest BCUT2D eigenvalue weighted by Gasteiger charge is -2.27. The van der Waals surface area contributed by atoms with Gasteiger partial charge in [-0.3, -0.25) is 4.79 Å². The normalized spacial score (nSPS) is 17.6. The molecular weight excluding hydrogens is 310 g/mol. The number of likely N-dealkylation sites (tertiary alicyclic amines) is 1. The zero-order valence-corrected chi connectivity index (χ0v) is 14.2. The van der Waals surface area contributed by atoms with Crippen LogP contribution in [0.25, 0.3) is 0 Å². The Hall–Kier alpha value is -2.37. The lowest BCUT2D eigenvalue weighted by molar-refractivity contribution is -0.163. The molecule has 6 heteroatoms. The average molecular weight is 333 g/mol. The molecule has 130 valence electrons. The molecule has 0 unspecified atom stereocenters. The van der Waals surface area contributed by atoms with Gasteiger partial charge in [0.05, 0.1) is 12.0 Å². The monoisotopic (exact) mass is 333 g/mol. The van der Waals surface area contributed by atoms with Gasteiger partial charge >= 0.3 is 11.9 Å². The standard InChI is InChI=1S/C18H23NO5/c1-18(2,3)24-17(23)14-5-4-10-19(14)15(20)11-12-6-8-13(9-7-12)16(21)22/h6-9,14H,4-5,10-11H2,1-3H3,(H,21,22)/t14-/m1/s1. The molecule has 6 nitrogen and oxygen atoms in total. The lowest BCUT2D eigenvalue weighted by atomic mass is 10.1. The molecule has 1 heterocycles. The maximum atomic E-state index is 12.5. The summed E-state index contributed by atoms with van der Waals surface area (Å²) in [6, 6.07) is 5.66. The summed E-state index contributed by atoms with van der Waals surface area (Å²) in [5.74, 6) is -1.52. The van der Waals surface area contributed by atoms with E-state index in [2.05, 4.69) is 0 Å². The van der Waals surface area contributed by atoms with Gasteiger partial charge in [-0.25, -0.2) is 9.59 Å². The minimum Gasteiger partial charge on any atom is -0.478 e. The van der Waals surface area contributed by atoms with Crippen LogP contribution in [0.4, 0.5) is 0 Å². The van der Waals surface area contributed by atoms with E-state index in [1.165, 1.54) is 12.1 Å². The Morgan fingerprint density at radius 3 is 2.38 bits per heavy atom. The highest BCUT2D eigenvalue weighted by molar-refractivity contribution is 5.88. The maximum Gasteiger partial charge on any atom is 0.335 e. The van der Waals surface area contributed by atoms with Crippen molar-refractivity contribution in [2.75, 3.05) is 6.54 Å². The molecule has 0 aromatic heterocycles. The summed E-state index contributed by atoms with van der Waals surface area (Å²) >= 11 is 0. The molecule has 0 spiro atoms. The highest BCUT2D eigenvalue weighted by Gasteiger charge is 2.36. The minimum atomic E-state index is -1.00. The van der Waals surface area contributed by atoms with Crippen LogP contribution >= 0.6 is 0 Å². The summed E-state index contributed by atoms with van der Waals surface area (Å²) in [5, 5.41) is 8.89. The highest BCUT2D eigenvalue weighted by Crippen LogP contribution is 2.22. The third-order valence-corrected chi connectivity index (χ3v) is 3.81. The second-order valence-electron chi connectivity index (χ2n) is 6.96. The quantitative estimate of drug-likeness (QED) is 0.855. The smallest absolute Gasteiger partial charge is 0.335 e. The van der Waals surface area contributed by atoms with Crippen molar-refractivity contribution in [3.63, 3.8) is 0 Å². The molecule has 0 saturated carbocycles. The van der Waals surface area contributed by atoms with Crippen molar-refractivity contribution in [1.29, 1.82) is 0 Å². The van der Waals surface area contributed by atoms with Crippen molar-refractivity contribution in [3.8, 4) is 0 Å². The third-order valence-electron chi connectivity index (χ3n) is 3.81. The molecule has 1 aromatic rings.